The zero-order chi connectivity index (χ0) is 94.1. The van der Waals surface area contributed by atoms with Crippen LogP contribution in [0, 0.1) is 0 Å². The van der Waals surface area contributed by atoms with E-state index in [-0.39, 0.29) is 91.0 Å². The lowest BCUT2D eigenvalue weighted by Crippen LogP contribution is -2.61. The third kappa shape index (κ3) is 11.3. The van der Waals surface area contributed by atoms with E-state index in [0.29, 0.717) is 39.6 Å². The van der Waals surface area contributed by atoms with Gasteiger partial charge in [-0.05, 0) is 202 Å². The molecule has 0 aliphatic carbocycles. The lowest BCUT2D eigenvalue weighted by Gasteiger charge is -2.46. The van der Waals surface area contributed by atoms with Crippen LogP contribution in [0.2, 0.25) is 0 Å². The molecule has 0 saturated carbocycles. The molecule has 21 aromatic rings. The summed E-state index contributed by atoms with van der Waals surface area (Å²) < 4.78 is 150. The van der Waals surface area contributed by atoms with Crippen molar-refractivity contribution in [3.05, 3.63) is 429 Å². The fourth-order valence-electron chi connectivity index (χ4n) is 19.9. The van der Waals surface area contributed by atoms with Gasteiger partial charge in [-0.2, -0.15) is 0 Å². The van der Waals surface area contributed by atoms with Crippen LogP contribution < -0.4 is 30.9 Å². The summed E-state index contributed by atoms with van der Waals surface area (Å²) in [4.78, 5) is 4.79. The monoisotopic (exact) mass is 1580 g/mol. The molecule has 2 aromatic heterocycles. The van der Waals surface area contributed by atoms with Gasteiger partial charge in [-0.25, -0.2) is 0 Å². The Bertz CT molecular complexity index is 8770. The van der Waals surface area contributed by atoms with Crippen molar-refractivity contribution in [3.8, 4) is 101 Å². The molecule has 5 heterocycles. The Morgan fingerprint density at radius 3 is 1.30 bits per heavy atom. The van der Waals surface area contributed by atoms with E-state index in [0.717, 1.165) is 139 Å². The van der Waals surface area contributed by atoms with Crippen molar-refractivity contribution >= 4 is 122 Å². The van der Waals surface area contributed by atoms with E-state index in [1.54, 1.807) is 9.13 Å². The molecule has 0 radical (unpaired) electrons. The molecule has 6 heteroatoms. The predicted molar refractivity (Wildman–Crippen MR) is 520 cm³/mol. The number of hydrogen-bond acceptors (Lipinski definition) is 3. The van der Waals surface area contributed by atoms with E-state index in [2.05, 4.69) is 251 Å². The standard InChI is InChI=1S/C117H83BN4O/c1-116(2,3)84-70-95(77-38-17-9-18-39-77)115(96(71-84)78-40-19-10-20-41-78)122-106-73-86(120-102-52-27-24-45-94(102)112-90(47-31-54-104(112)120)75-34-13-7-14-35-75)61-64-100(106)118-99-63-60-85(119-101-51-26-23-44-93(101)111-89(46-30-53-103(111)119)74-32-11-6-12-33-74)72-105(99)121(107-68-83(69-108(122)113(107)118)80-59-65-110-98(67-80)117(4,5)97-50-25-28-55-109(97)123-110)114-91(76-36-15-8-16-37-76)48-29-49-92(114)82-58-62-88-81(66-82)57-56-79-42-21-22-43-87(79)88/h6-73H,1-5H3/i23D,24D,26D,27D,30D,31D,44D,45D,46D,47D,51D,52D,53D,54D. The topological polar surface area (TPSA) is 25.6 Å². The van der Waals surface area contributed by atoms with Crippen LogP contribution in [0.5, 0.6) is 11.5 Å². The minimum absolute atomic E-state index is 0.0372. The second-order valence-electron chi connectivity index (χ2n) is 33.9. The molecule has 0 N–H and O–H groups in total. The zero-order valence-corrected chi connectivity index (χ0v) is 68.0. The first-order chi connectivity index (χ1) is 66.2. The SMILES string of the molecule is [2H]c1c([2H])c([2H])c2c(c1[2H])c1c(-c3ccccc3)c([2H])c([2H])c([2H])c1n2-c1ccc2c(c1)N(c1c(-c3ccccc3)cccc1-c1ccc3c(ccc4ccccc43)c1)c1cc(-c3ccc4c(c3)C(C)(C)c3ccccc3O4)cc3c1B2c1ccc(-n2c4c([2H])c([2H])c([2H])c([2H])c4c4c(-c5ccccc5)c([2H])c([2H])c([2H])c42)cc1N3c1c(-c2ccccc2)cc(C(C)(C)C)cc1-c1ccccc1. The van der Waals surface area contributed by atoms with E-state index < -0.39 is 65.9 Å². The van der Waals surface area contributed by atoms with Crippen LogP contribution in [0.25, 0.3) is 154 Å². The van der Waals surface area contributed by atoms with Crippen LogP contribution in [0.4, 0.5) is 34.1 Å². The average molecular weight is 1590 g/mol. The highest BCUT2D eigenvalue weighted by atomic mass is 16.5. The normalized spacial score (nSPS) is 14.8. The lowest BCUT2D eigenvalue weighted by molar-refractivity contribution is 0.418. The van der Waals surface area contributed by atoms with Crippen molar-refractivity contribution < 1.29 is 23.9 Å². The number of benzene rings is 19. The number of ether oxygens (including phenoxy) is 1. The van der Waals surface area contributed by atoms with Gasteiger partial charge in [0, 0.05) is 94.5 Å². The zero-order valence-electron chi connectivity index (χ0n) is 82.0. The molecule has 3 aliphatic heterocycles. The number of hydrogen-bond donors (Lipinski definition) is 0. The number of anilines is 6. The summed E-state index contributed by atoms with van der Waals surface area (Å²) in [6, 6.07) is 106. The number of nitrogens with zero attached hydrogens (tertiary/aromatic N) is 4. The van der Waals surface area contributed by atoms with Gasteiger partial charge >= 0.3 is 0 Å². The Labute approximate surface area is 736 Å². The van der Waals surface area contributed by atoms with Crippen molar-refractivity contribution in [1.29, 1.82) is 0 Å². The van der Waals surface area contributed by atoms with Crippen LogP contribution in [-0.4, -0.2) is 15.8 Å². The first-order valence-electron chi connectivity index (χ1n) is 48.8. The van der Waals surface area contributed by atoms with Gasteiger partial charge < -0.3 is 23.7 Å². The Morgan fingerprint density at radius 2 is 0.748 bits per heavy atom. The van der Waals surface area contributed by atoms with Crippen LogP contribution in [0.15, 0.2) is 412 Å². The summed E-state index contributed by atoms with van der Waals surface area (Å²) in [6.45, 7) is 10.3. The first-order valence-corrected chi connectivity index (χ1v) is 41.8. The maximum atomic E-state index is 10.4. The second kappa shape index (κ2) is 27.9. The van der Waals surface area contributed by atoms with Crippen LogP contribution >= 0.6 is 0 Å². The molecule has 5 nitrogen and oxygen atoms in total. The van der Waals surface area contributed by atoms with Gasteiger partial charge in [0.05, 0.1) is 52.6 Å². The van der Waals surface area contributed by atoms with E-state index in [4.69, 9.17) is 4.74 Å². The highest BCUT2D eigenvalue weighted by Crippen LogP contribution is 2.57. The van der Waals surface area contributed by atoms with Crippen LogP contribution in [0.1, 0.15) is 70.5 Å². The summed E-state index contributed by atoms with van der Waals surface area (Å²) in [6.07, 6.45) is 0. The molecule has 580 valence electrons. The van der Waals surface area contributed by atoms with Gasteiger partial charge in [0.1, 0.15) is 11.5 Å². The minimum atomic E-state index is -0.812. The van der Waals surface area contributed by atoms with Crippen molar-refractivity contribution in [3.63, 3.8) is 0 Å². The van der Waals surface area contributed by atoms with Crippen molar-refractivity contribution in [1.82, 2.24) is 9.13 Å². The molecule has 3 aliphatic rings. The molecular weight excluding hydrogens is 1490 g/mol. The summed E-state index contributed by atoms with van der Waals surface area (Å²) in [5.74, 6) is 1.46. The molecule has 0 amide bonds. The van der Waals surface area contributed by atoms with Crippen molar-refractivity contribution in [2.45, 2.75) is 45.4 Å². The fraction of sp³-hybridized carbons (Fsp3) is 0.0598. The summed E-state index contributed by atoms with van der Waals surface area (Å²) in [7, 11) is 0. The third-order valence-corrected chi connectivity index (χ3v) is 25.7. The van der Waals surface area contributed by atoms with Gasteiger partial charge in [0.25, 0.3) is 6.71 Å². The smallest absolute Gasteiger partial charge is 0.252 e. The van der Waals surface area contributed by atoms with Gasteiger partial charge in [-0.1, -0.05) is 350 Å². The van der Waals surface area contributed by atoms with E-state index in [1.165, 1.54) is 0 Å². The highest BCUT2D eigenvalue weighted by molar-refractivity contribution is 7.00. The Hall–Kier alpha value is -15.2. The van der Waals surface area contributed by atoms with Gasteiger partial charge in [-0.3, -0.25) is 0 Å². The number of fused-ring (bicyclic) bond motifs is 15. The third-order valence-electron chi connectivity index (χ3n) is 25.7. The molecule has 0 fully saturated rings. The molecule has 0 spiro atoms. The number of rotatable bonds is 11. The lowest BCUT2D eigenvalue weighted by atomic mass is 9.33. The van der Waals surface area contributed by atoms with E-state index in [1.807, 2.05) is 121 Å². The molecular formula is C117H83BN4O. The van der Waals surface area contributed by atoms with E-state index in [9.17, 15) is 19.2 Å². The summed E-state index contributed by atoms with van der Waals surface area (Å²) >= 11 is 0. The number of aromatic nitrogens is 2. The molecule has 0 saturated heterocycles. The molecule has 19 aromatic carbocycles. The van der Waals surface area contributed by atoms with Crippen LogP contribution in [-0.2, 0) is 10.8 Å². The van der Waals surface area contributed by atoms with Gasteiger partial charge in [0.15, 0.2) is 0 Å². The second-order valence-corrected chi connectivity index (χ2v) is 33.9. The maximum absolute atomic E-state index is 10.4. The fourth-order valence-corrected chi connectivity index (χ4v) is 19.9. The van der Waals surface area contributed by atoms with Gasteiger partial charge in [-0.15, -0.1) is 0 Å². The largest absolute Gasteiger partial charge is 0.457 e. The van der Waals surface area contributed by atoms with E-state index >= 15 is 0 Å². The number of para-hydroxylation sites is 4. The van der Waals surface area contributed by atoms with Crippen LogP contribution in [0.3, 0.4) is 0 Å². The minimum Gasteiger partial charge on any atom is -0.457 e. The average Bonchev–Trinajstić information content (AvgIpc) is 1.41. The molecule has 0 bridgehead atoms. The molecule has 0 atom stereocenters. The van der Waals surface area contributed by atoms with Crippen molar-refractivity contribution in [2.24, 2.45) is 0 Å². The predicted octanol–water partition coefficient (Wildman–Crippen LogP) is 29.7. The van der Waals surface area contributed by atoms with Gasteiger partial charge in [0.2, 0.25) is 0 Å². The Kier molecular flexibility index (Phi) is 13.3. The quantitative estimate of drug-likeness (QED) is 0.0953. The van der Waals surface area contributed by atoms with Crippen molar-refractivity contribution in [2.75, 3.05) is 9.80 Å². The summed E-state index contributed by atoms with van der Waals surface area (Å²) in [5, 5.41) is 4.86. The summed E-state index contributed by atoms with van der Waals surface area (Å²) in [5.41, 5.74) is 19.6. The highest BCUT2D eigenvalue weighted by Gasteiger charge is 2.47. The Morgan fingerprint density at radius 1 is 0.301 bits per heavy atom. The molecule has 0 unspecified atom stereocenters. The maximum Gasteiger partial charge on any atom is 0.252 e. The molecule has 123 heavy (non-hydrogen) atoms. The Balaban J connectivity index is 0.911. The molecule has 24 rings (SSSR count). The first kappa shape index (κ1) is 58.6.